The monoisotopic (exact) mass is 232 g/mol. The topological polar surface area (TPSA) is 32.3 Å². The van der Waals surface area contributed by atoms with Crippen LogP contribution in [0.5, 0.6) is 0 Å². The van der Waals surface area contributed by atoms with Gasteiger partial charge >= 0.3 is 0 Å². The molecule has 0 saturated carbocycles. The lowest BCUT2D eigenvalue weighted by Gasteiger charge is -2.15. The van der Waals surface area contributed by atoms with E-state index >= 15 is 0 Å². The first kappa shape index (κ1) is 12.1. The smallest absolute Gasteiger partial charge is 0.234 e. The molecular weight excluding hydrogens is 212 g/mol. The molecule has 0 aromatic heterocycles. The van der Waals surface area contributed by atoms with Crippen LogP contribution in [0.15, 0.2) is 30.3 Å². The molecule has 1 aliphatic rings. The Balaban J connectivity index is 1.63. The van der Waals surface area contributed by atoms with Crippen molar-refractivity contribution in [1.29, 1.82) is 0 Å². The van der Waals surface area contributed by atoms with Gasteiger partial charge in [-0.2, -0.15) is 0 Å². The van der Waals surface area contributed by atoms with E-state index in [4.69, 9.17) is 0 Å². The number of carbonyl (C=O) groups excluding carboxylic acids is 1. The number of hydrogen-bond donors (Lipinski definition) is 1. The fourth-order valence-electron chi connectivity index (χ4n) is 2.16. The van der Waals surface area contributed by atoms with E-state index in [2.05, 4.69) is 17.6 Å². The molecule has 1 aromatic carbocycles. The number of rotatable bonds is 5. The predicted octanol–water partition coefficient (Wildman–Crippen LogP) is 2.14. The molecule has 1 heterocycles. The van der Waals surface area contributed by atoms with Gasteiger partial charge in [0.05, 0.1) is 0 Å². The molecule has 0 radical (unpaired) electrons. The largest absolute Gasteiger partial charge is 0.289 e. The van der Waals surface area contributed by atoms with Gasteiger partial charge in [-0.3, -0.25) is 10.2 Å². The van der Waals surface area contributed by atoms with Crippen molar-refractivity contribution in [2.45, 2.75) is 32.1 Å². The summed E-state index contributed by atoms with van der Waals surface area (Å²) in [6.45, 7) is 2.01. The minimum Gasteiger partial charge on any atom is -0.289 e. The first-order chi connectivity index (χ1) is 8.34. The highest BCUT2D eigenvalue weighted by Crippen LogP contribution is 2.06. The van der Waals surface area contributed by atoms with E-state index in [1.54, 1.807) is 0 Å². The van der Waals surface area contributed by atoms with Crippen LogP contribution in [-0.2, 0) is 11.2 Å². The lowest BCUT2D eigenvalue weighted by atomic mass is 10.1. The number of benzene rings is 1. The normalized spacial score (nSPS) is 16.0. The van der Waals surface area contributed by atoms with Crippen molar-refractivity contribution in [1.82, 2.24) is 10.4 Å². The molecule has 92 valence electrons. The van der Waals surface area contributed by atoms with Gasteiger partial charge in [-0.15, -0.1) is 0 Å². The maximum absolute atomic E-state index is 11.6. The minimum absolute atomic E-state index is 0.155. The second kappa shape index (κ2) is 6.40. The summed E-state index contributed by atoms with van der Waals surface area (Å²) < 4.78 is 0. The molecule has 0 aliphatic carbocycles. The van der Waals surface area contributed by atoms with E-state index in [-0.39, 0.29) is 5.91 Å². The molecule has 3 heteroatoms. The van der Waals surface area contributed by atoms with Crippen molar-refractivity contribution in [3.8, 4) is 0 Å². The van der Waals surface area contributed by atoms with Gasteiger partial charge in [0.15, 0.2) is 0 Å². The Kier molecular flexibility index (Phi) is 4.56. The first-order valence-electron chi connectivity index (χ1n) is 6.43. The fraction of sp³-hybridized carbons (Fsp3) is 0.500. The quantitative estimate of drug-likeness (QED) is 0.843. The Hall–Kier alpha value is -1.35. The van der Waals surface area contributed by atoms with Gasteiger partial charge in [-0.1, -0.05) is 30.3 Å². The van der Waals surface area contributed by atoms with Crippen molar-refractivity contribution in [3.05, 3.63) is 35.9 Å². The third kappa shape index (κ3) is 4.19. The Bertz CT molecular complexity index is 344. The number of hydrogen-bond acceptors (Lipinski definition) is 2. The summed E-state index contributed by atoms with van der Waals surface area (Å²) in [6, 6.07) is 10.3. The third-order valence-corrected chi connectivity index (χ3v) is 3.10. The van der Waals surface area contributed by atoms with Crippen molar-refractivity contribution >= 4 is 5.91 Å². The number of nitrogens with one attached hydrogen (secondary N) is 1. The molecule has 2 rings (SSSR count). The maximum atomic E-state index is 11.6. The van der Waals surface area contributed by atoms with E-state index < -0.39 is 0 Å². The van der Waals surface area contributed by atoms with E-state index in [0.717, 1.165) is 25.9 Å². The molecule has 1 saturated heterocycles. The third-order valence-electron chi connectivity index (χ3n) is 3.10. The van der Waals surface area contributed by atoms with E-state index in [0.29, 0.717) is 6.42 Å². The van der Waals surface area contributed by atoms with Gasteiger partial charge in [0.1, 0.15) is 0 Å². The summed E-state index contributed by atoms with van der Waals surface area (Å²) >= 11 is 0. The Morgan fingerprint density at radius 1 is 1.18 bits per heavy atom. The number of amides is 1. The molecular formula is C14H20N2O. The molecule has 0 unspecified atom stereocenters. The molecule has 0 spiro atoms. The van der Waals surface area contributed by atoms with E-state index in [9.17, 15) is 4.79 Å². The molecule has 17 heavy (non-hydrogen) atoms. The number of carbonyl (C=O) groups is 1. The molecule has 1 N–H and O–H groups in total. The van der Waals surface area contributed by atoms with Gasteiger partial charge in [0.2, 0.25) is 5.91 Å². The van der Waals surface area contributed by atoms with Gasteiger partial charge in [-0.25, -0.2) is 5.01 Å². The minimum atomic E-state index is 0.155. The van der Waals surface area contributed by atoms with E-state index in [1.807, 2.05) is 23.2 Å². The van der Waals surface area contributed by atoms with Gasteiger partial charge in [0.25, 0.3) is 0 Å². The number of hydrazine groups is 1. The van der Waals surface area contributed by atoms with Gasteiger partial charge in [0, 0.05) is 19.5 Å². The highest BCUT2D eigenvalue weighted by molar-refractivity contribution is 5.75. The van der Waals surface area contributed by atoms with Crippen LogP contribution in [0, 0.1) is 0 Å². The highest BCUT2D eigenvalue weighted by Gasteiger charge is 2.13. The Morgan fingerprint density at radius 3 is 2.59 bits per heavy atom. The Labute approximate surface area is 103 Å². The summed E-state index contributed by atoms with van der Waals surface area (Å²) in [5.41, 5.74) is 4.27. The van der Waals surface area contributed by atoms with Crippen LogP contribution in [0.1, 0.15) is 31.2 Å². The zero-order valence-electron chi connectivity index (χ0n) is 10.2. The summed E-state index contributed by atoms with van der Waals surface area (Å²) in [5, 5.41) is 2.03. The molecule has 0 atom stereocenters. The van der Waals surface area contributed by atoms with Gasteiger partial charge < -0.3 is 0 Å². The summed E-state index contributed by atoms with van der Waals surface area (Å²) in [5.74, 6) is 0.155. The van der Waals surface area contributed by atoms with Crippen molar-refractivity contribution in [3.63, 3.8) is 0 Å². The molecule has 1 amide bonds. The highest BCUT2D eigenvalue weighted by atomic mass is 16.2. The van der Waals surface area contributed by atoms with Crippen LogP contribution in [-0.4, -0.2) is 24.0 Å². The van der Waals surface area contributed by atoms with Crippen LogP contribution in [0.3, 0.4) is 0 Å². The average molecular weight is 232 g/mol. The second-order valence-corrected chi connectivity index (χ2v) is 4.57. The lowest BCUT2D eigenvalue weighted by molar-refractivity contribution is -0.125. The summed E-state index contributed by atoms with van der Waals surface area (Å²) in [6.07, 6.45) is 4.91. The van der Waals surface area contributed by atoms with Crippen LogP contribution in [0.4, 0.5) is 0 Å². The standard InChI is InChI=1S/C14H20N2O/c17-14(15-16-11-4-5-12-16)10-6-9-13-7-2-1-3-8-13/h1-3,7-8H,4-6,9-12H2,(H,15,17). The SMILES string of the molecule is O=C(CCCc1ccccc1)NN1CCCC1. The maximum Gasteiger partial charge on any atom is 0.234 e. The lowest BCUT2D eigenvalue weighted by Crippen LogP contribution is -2.39. The van der Waals surface area contributed by atoms with Crippen molar-refractivity contribution < 1.29 is 4.79 Å². The van der Waals surface area contributed by atoms with Crippen LogP contribution >= 0.6 is 0 Å². The fourth-order valence-corrected chi connectivity index (χ4v) is 2.16. The summed E-state index contributed by atoms with van der Waals surface area (Å²) in [7, 11) is 0. The zero-order chi connectivity index (χ0) is 11.9. The molecule has 1 aliphatic heterocycles. The average Bonchev–Trinajstić information content (AvgIpc) is 2.83. The first-order valence-corrected chi connectivity index (χ1v) is 6.43. The molecule has 0 bridgehead atoms. The molecule has 3 nitrogen and oxygen atoms in total. The van der Waals surface area contributed by atoms with Crippen LogP contribution in [0.25, 0.3) is 0 Å². The van der Waals surface area contributed by atoms with E-state index in [1.165, 1.54) is 18.4 Å². The molecule has 1 fully saturated rings. The van der Waals surface area contributed by atoms with Crippen molar-refractivity contribution in [2.24, 2.45) is 0 Å². The van der Waals surface area contributed by atoms with Gasteiger partial charge in [-0.05, 0) is 31.2 Å². The zero-order valence-corrected chi connectivity index (χ0v) is 10.2. The number of aryl methyl sites for hydroxylation is 1. The van der Waals surface area contributed by atoms with Crippen LogP contribution < -0.4 is 5.43 Å². The van der Waals surface area contributed by atoms with Crippen LogP contribution in [0.2, 0.25) is 0 Å². The van der Waals surface area contributed by atoms with Crippen molar-refractivity contribution in [2.75, 3.05) is 13.1 Å². The second-order valence-electron chi connectivity index (χ2n) is 4.57. The summed E-state index contributed by atoms with van der Waals surface area (Å²) in [4.78, 5) is 11.6. The molecule has 1 aromatic rings. The predicted molar refractivity (Wildman–Crippen MR) is 68.3 cm³/mol. The number of nitrogens with zero attached hydrogens (tertiary/aromatic N) is 1. The Morgan fingerprint density at radius 2 is 1.88 bits per heavy atom.